The van der Waals surface area contributed by atoms with Crippen LogP contribution in [0.2, 0.25) is 5.02 Å². The summed E-state index contributed by atoms with van der Waals surface area (Å²) in [6, 6.07) is 15.3. The summed E-state index contributed by atoms with van der Waals surface area (Å²) in [6.45, 7) is 6.51. The third-order valence-electron chi connectivity index (χ3n) is 6.36. The van der Waals surface area contributed by atoms with E-state index in [4.69, 9.17) is 21.1 Å². The number of carbonyl (C=O) groups excluding carboxylic acids is 2. The number of allylic oxidation sites excluding steroid dienone is 3. The zero-order chi connectivity index (χ0) is 24.2. The highest BCUT2D eigenvalue weighted by molar-refractivity contribution is 6.30. The first-order valence-electron chi connectivity index (χ1n) is 11.8. The fraction of sp³-hybridized carbons (Fsp3) is 0.357. The fourth-order valence-corrected chi connectivity index (χ4v) is 4.99. The van der Waals surface area contributed by atoms with E-state index in [1.165, 1.54) is 0 Å². The molecule has 2 atom stereocenters. The van der Waals surface area contributed by atoms with Crippen LogP contribution >= 0.6 is 11.6 Å². The molecule has 5 nitrogen and oxygen atoms in total. The minimum absolute atomic E-state index is 0.0262. The third-order valence-corrected chi connectivity index (χ3v) is 6.61. The van der Waals surface area contributed by atoms with Gasteiger partial charge in [-0.05, 0) is 56.4 Å². The Hall–Kier alpha value is -3.05. The first-order chi connectivity index (χ1) is 16.4. The Balaban J connectivity index is 1.81. The van der Waals surface area contributed by atoms with Crippen LogP contribution in [0.25, 0.3) is 0 Å². The summed E-state index contributed by atoms with van der Waals surface area (Å²) in [7, 11) is 0. The molecule has 0 amide bonds. The third kappa shape index (κ3) is 4.76. The number of hydrogen-bond donors (Lipinski definition) is 1. The monoisotopic (exact) mass is 479 g/mol. The van der Waals surface area contributed by atoms with Crippen molar-refractivity contribution in [1.29, 1.82) is 0 Å². The summed E-state index contributed by atoms with van der Waals surface area (Å²) >= 11 is 6.07. The van der Waals surface area contributed by atoms with Crippen molar-refractivity contribution in [1.82, 2.24) is 5.32 Å². The Morgan fingerprint density at radius 1 is 1.09 bits per heavy atom. The van der Waals surface area contributed by atoms with Gasteiger partial charge in [-0.3, -0.25) is 4.79 Å². The second kappa shape index (κ2) is 10.5. The zero-order valence-electron chi connectivity index (χ0n) is 19.8. The fourth-order valence-electron chi connectivity index (χ4n) is 4.86. The van der Waals surface area contributed by atoms with E-state index in [2.05, 4.69) is 5.32 Å². The highest BCUT2D eigenvalue weighted by atomic mass is 35.5. The average molecular weight is 480 g/mol. The van der Waals surface area contributed by atoms with Gasteiger partial charge in [0.1, 0.15) is 5.75 Å². The Morgan fingerprint density at radius 2 is 1.82 bits per heavy atom. The highest BCUT2D eigenvalue weighted by Crippen LogP contribution is 2.47. The summed E-state index contributed by atoms with van der Waals surface area (Å²) in [5.74, 6) is -0.201. The molecule has 0 radical (unpaired) electrons. The SMILES string of the molecule is CCCOc1ccccc1[C@@H]1C(C(=O)OCC)=C(C)NC2=C1C(=O)C[C@@H](c1ccc(Cl)cc1)C2. The van der Waals surface area contributed by atoms with Crippen molar-refractivity contribution >= 4 is 23.4 Å². The van der Waals surface area contributed by atoms with Gasteiger partial charge in [-0.2, -0.15) is 0 Å². The van der Waals surface area contributed by atoms with Crippen molar-refractivity contribution in [3.8, 4) is 5.75 Å². The van der Waals surface area contributed by atoms with Crippen molar-refractivity contribution in [3.63, 3.8) is 0 Å². The number of esters is 1. The number of carbonyl (C=O) groups is 2. The number of halogens is 1. The molecule has 1 aliphatic carbocycles. The van der Waals surface area contributed by atoms with E-state index in [-0.39, 0.29) is 18.3 Å². The molecule has 0 fully saturated rings. The molecule has 1 heterocycles. The van der Waals surface area contributed by atoms with Crippen LogP contribution in [0.15, 0.2) is 71.1 Å². The lowest BCUT2D eigenvalue weighted by atomic mass is 9.71. The number of hydrogen-bond acceptors (Lipinski definition) is 5. The van der Waals surface area contributed by atoms with Gasteiger partial charge in [0.2, 0.25) is 0 Å². The molecular weight excluding hydrogens is 450 g/mol. The zero-order valence-corrected chi connectivity index (χ0v) is 20.6. The van der Waals surface area contributed by atoms with Crippen LogP contribution in [0.3, 0.4) is 0 Å². The molecule has 0 unspecified atom stereocenters. The van der Waals surface area contributed by atoms with Crippen LogP contribution in [-0.2, 0) is 14.3 Å². The molecule has 2 aromatic carbocycles. The highest BCUT2D eigenvalue weighted by Gasteiger charge is 2.42. The number of Topliss-reactive ketones (excluding diaryl/α,β-unsaturated/α-hetero) is 1. The van der Waals surface area contributed by atoms with E-state index < -0.39 is 11.9 Å². The smallest absolute Gasteiger partial charge is 0.336 e. The maximum absolute atomic E-state index is 13.7. The number of rotatable bonds is 7. The first kappa shape index (κ1) is 24.1. The molecule has 1 N–H and O–H groups in total. The number of ketones is 1. The van der Waals surface area contributed by atoms with Gasteiger partial charge in [-0.25, -0.2) is 4.79 Å². The second-order valence-corrected chi connectivity index (χ2v) is 9.11. The number of benzene rings is 2. The number of ether oxygens (including phenoxy) is 2. The Bertz CT molecular complexity index is 1150. The minimum atomic E-state index is -0.540. The Morgan fingerprint density at radius 3 is 2.53 bits per heavy atom. The summed E-state index contributed by atoms with van der Waals surface area (Å²) in [5.41, 5.74) is 4.55. The Kier molecular flexibility index (Phi) is 7.42. The summed E-state index contributed by atoms with van der Waals surface area (Å²) in [6.07, 6.45) is 1.90. The van der Waals surface area contributed by atoms with Gasteiger partial charge in [0.15, 0.2) is 5.78 Å². The van der Waals surface area contributed by atoms with Crippen LogP contribution in [0.5, 0.6) is 5.75 Å². The largest absolute Gasteiger partial charge is 0.493 e. The van der Waals surface area contributed by atoms with Gasteiger partial charge < -0.3 is 14.8 Å². The number of para-hydroxylation sites is 1. The molecule has 1 aliphatic heterocycles. The first-order valence-corrected chi connectivity index (χ1v) is 12.2. The molecule has 0 saturated heterocycles. The molecule has 0 spiro atoms. The van der Waals surface area contributed by atoms with Crippen molar-refractivity contribution in [3.05, 3.63) is 87.2 Å². The second-order valence-electron chi connectivity index (χ2n) is 8.68. The van der Waals surface area contributed by atoms with Crippen molar-refractivity contribution in [2.75, 3.05) is 13.2 Å². The normalized spacial score (nSPS) is 20.1. The maximum atomic E-state index is 13.7. The molecule has 0 aromatic heterocycles. The van der Waals surface area contributed by atoms with Crippen molar-refractivity contribution in [2.24, 2.45) is 0 Å². The topological polar surface area (TPSA) is 64.6 Å². The molecule has 4 rings (SSSR count). The van der Waals surface area contributed by atoms with Crippen LogP contribution in [0, 0.1) is 0 Å². The van der Waals surface area contributed by atoms with E-state index >= 15 is 0 Å². The van der Waals surface area contributed by atoms with E-state index in [0.717, 1.165) is 23.2 Å². The van der Waals surface area contributed by atoms with E-state index in [0.29, 0.717) is 47.1 Å². The van der Waals surface area contributed by atoms with Crippen LogP contribution < -0.4 is 10.1 Å². The predicted octanol–water partition coefficient (Wildman–Crippen LogP) is 6.05. The quantitative estimate of drug-likeness (QED) is 0.489. The molecule has 2 aromatic rings. The lowest BCUT2D eigenvalue weighted by Crippen LogP contribution is -2.36. The average Bonchev–Trinajstić information content (AvgIpc) is 2.82. The van der Waals surface area contributed by atoms with Crippen molar-refractivity contribution < 1.29 is 19.1 Å². The lowest BCUT2D eigenvalue weighted by molar-refractivity contribution is -0.138. The van der Waals surface area contributed by atoms with Crippen LogP contribution in [-0.4, -0.2) is 25.0 Å². The summed E-state index contributed by atoms with van der Waals surface area (Å²) < 4.78 is 11.5. The van der Waals surface area contributed by atoms with Gasteiger partial charge in [0.05, 0.1) is 24.7 Å². The summed E-state index contributed by atoms with van der Waals surface area (Å²) in [5, 5.41) is 4.05. The van der Waals surface area contributed by atoms with Gasteiger partial charge in [-0.1, -0.05) is 48.9 Å². The van der Waals surface area contributed by atoms with E-state index in [1.807, 2.05) is 62.4 Å². The molecular formula is C28H30ClNO4. The lowest BCUT2D eigenvalue weighted by Gasteiger charge is -2.37. The van der Waals surface area contributed by atoms with Crippen LogP contribution in [0.1, 0.15) is 63.0 Å². The van der Waals surface area contributed by atoms with Crippen molar-refractivity contribution in [2.45, 2.75) is 51.9 Å². The van der Waals surface area contributed by atoms with Gasteiger partial charge in [-0.15, -0.1) is 0 Å². The van der Waals surface area contributed by atoms with E-state index in [9.17, 15) is 9.59 Å². The van der Waals surface area contributed by atoms with Crippen LogP contribution in [0.4, 0.5) is 0 Å². The number of dihydropyridines is 1. The molecule has 0 bridgehead atoms. The van der Waals surface area contributed by atoms with Gasteiger partial charge in [0, 0.05) is 34.0 Å². The molecule has 178 valence electrons. The standard InChI is InChI=1S/C28H30ClNO4/c1-4-14-34-24-9-7-6-8-21(24)26-25(28(32)33-5-2)17(3)30-22-15-19(16-23(31)27(22)26)18-10-12-20(29)13-11-18/h6-13,19,26,30H,4-5,14-16H2,1-3H3/t19-,26+/m0/s1. The van der Waals surface area contributed by atoms with Gasteiger partial charge >= 0.3 is 5.97 Å². The number of nitrogens with one attached hydrogen (secondary N) is 1. The molecule has 0 saturated carbocycles. The summed E-state index contributed by atoms with van der Waals surface area (Å²) in [4.78, 5) is 26.8. The predicted molar refractivity (Wildman–Crippen MR) is 133 cm³/mol. The molecule has 34 heavy (non-hydrogen) atoms. The van der Waals surface area contributed by atoms with E-state index in [1.54, 1.807) is 6.92 Å². The molecule has 6 heteroatoms. The van der Waals surface area contributed by atoms with Gasteiger partial charge in [0.25, 0.3) is 0 Å². The maximum Gasteiger partial charge on any atom is 0.336 e. The minimum Gasteiger partial charge on any atom is -0.493 e. The molecule has 2 aliphatic rings. The Labute approximate surface area is 205 Å².